The van der Waals surface area contributed by atoms with Gasteiger partial charge in [-0.2, -0.15) is 0 Å². The molecule has 0 saturated carbocycles. The summed E-state index contributed by atoms with van der Waals surface area (Å²) < 4.78 is 4.82. The highest BCUT2D eigenvalue weighted by molar-refractivity contribution is 6.34. The number of hydrogen-bond donors (Lipinski definition) is 0. The molecule has 1 aliphatic rings. The van der Waals surface area contributed by atoms with Gasteiger partial charge >= 0.3 is 0 Å². The van der Waals surface area contributed by atoms with Crippen LogP contribution >= 0.6 is 0 Å². The molecule has 3 aromatic heterocycles. The van der Waals surface area contributed by atoms with Crippen molar-refractivity contribution in [2.24, 2.45) is 0 Å². The van der Waals surface area contributed by atoms with Crippen LogP contribution < -0.4 is 0 Å². The molecule has 8 aromatic carbocycles. The van der Waals surface area contributed by atoms with Crippen molar-refractivity contribution >= 4 is 65.4 Å². The van der Waals surface area contributed by atoms with Gasteiger partial charge in [0.05, 0.1) is 33.1 Å². The maximum atomic E-state index is 5.45. The number of benzene rings is 8. The Balaban J connectivity index is 1.37. The standard InChI is InChI=1S/C48H28N4/c1-3-14-30(15-4-1)47-48(50-37-25-9-8-24-36(37)49-47)52-38-26-10-7-20-34(38)44-40(52)28-41-46-43-33(22-13-27-39(43)51(41)31-18-5-2-6-19-31)32-21-11-16-29-17-12-23-35(42(29)32)45(44)46/h1-28H. The Labute approximate surface area is 298 Å². The molecule has 12 rings (SSSR count). The average molecular weight is 661 g/mol. The molecule has 4 heteroatoms. The van der Waals surface area contributed by atoms with Crippen LogP contribution in [0, 0.1) is 0 Å². The van der Waals surface area contributed by atoms with Gasteiger partial charge in [-0.25, -0.2) is 9.97 Å². The van der Waals surface area contributed by atoms with Crippen LogP contribution in [0.4, 0.5) is 0 Å². The number of rotatable bonds is 3. The number of nitrogens with zero attached hydrogens (tertiary/aromatic N) is 4. The Bertz CT molecular complexity index is 3270. The predicted octanol–water partition coefficient (Wildman–Crippen LogP) is 12.3. The molecule has 0 N–H and O–H groups in total. The van der Waals surface area contributed by atoms with E-state index in [1.807, 2.05) is 12.1 Å². The third-order valence-corrected chi connectivity index (χ3v) is 11.0. The zero-order valence-corrected chi connectivity index (χ0v) is 28.0. The second-order valence-electron chi connectivity index (χ2n) is 13.7. The van der Waals surface area contributed by atoms with E-state index < -0.39 is 0 Å². The first-order valence-corrected chi connectivity index (χ1v) is 17.8. The highest BCUT2D eigenvalue weighted by Gasteiger charge is 2.30. The van der Waals surface area contributed by atoms with E-state index >= 15 is 0 Å². The lowest BCUT2D eigenvalue weighted by Crippen LogP contribution is -2.04. The molecule has 3 heterocycles. The Hall–Kier alpha value is -7.04. The van der Waals surface area contributed by atoms with E-state index in [9.17, 15) is 0 Å². The van der Waals surface area contributed by atoms with Crippen molar-refractivity contribution in [1.82, 2.24) is 19.1 Å². The minimum atomic E-state index is 0.818. The van der Waals surface area contributed by atoms with Crippen molar-refractivity contribution in [3.63, 3.8) is 0 Å². The molecular weight excluding hydrogens is 633 g/mol. The van der Waals surface area contributed by atoms with E-state index in [1.54, 1.807) is 0 Å². The minimum Gasteiger partial charge on any atom is -0.309 e. The van der Waals surface area contributed by atoms with E-state index in [4.69, 9.17) is 9.97 Å². The van der Waals surface area contributed by atoms with E-state index in [-0.39, 0.29) is 0 Å². The molecule has 0 saturated heterocycles. The molecule has 0 bridgehead atoms. The maximum absolute atomic E-state index is 5.45. The summed E-state index contributed by atoms with van der Waals surface area (Å²) >= 11 is 0. The summed E-state index contributed by atoms with van der Waals surface area (Å²) in [5, 5.41) is 7.52. The first-order valence-electron chi connectivity index (χ1n) is 17.8. The van der Waals surface area contributed by atoms with Crippen molar-refractivity contribution in [3.8, 4) is 45.0 Å². The molecule has 0 spiro atoms. The summed E-state index contributed by atoms with van der Waals surface area (Å²) in [5.74, 6) is 0.818. The lowest BCUT2D eigenvalue weighted by molar-refractivity contribution is 1.08. The van der Waals surface area contributed by atoms with Crippen LogP contribution in [0.2, 0.25) is 0 Å². The van der Waals surface area contributed by atoms with Crippen LogP contribution in [-0.2, 0) is 0 Å². The third kappa shape index (κ3) is 3.60. The van der Waals surface area contributed by atoms with Gasteiger partial charge in [-0.15, -0.1) is 0 Å². The van der Waals surface area contributed by atoms with Gasteiger partial charge in [0.1, 0.15) is 5.69 Å². The lowest BCUT2D eigenvalue weighted by atomic mass is 9.91. The Morgan fingerprint density at radius 1 is 0.385 bits per heavy atom. The maximum Gasteiger partial charge on any atom is 0.165 e. The molecule has 0 unspecified atom stereocenters. The molecule has 0 amide bonds. The van der Waals surface area contributed by atoms with E-state index in [0.717, 1.165) is 44.8 Å². The fourth-order valence-electron chi connectivity index (χ4n) is 8.95. The van der Waals surface area contributed by atoms with Crippen LogP contribution in [0.5, 0.6) is 0 Å². The number of hydrogen-bond acceptors (Lipinski definition) is 2. The van der Waals surface area contributed by atoms with Crippen molar-refractivity contribution in [3.05, 3.63) is 170 Å². The van der Waals surface area contributed by atoms with Gasteiger partial charge in [0, 0.05) is 38.4 Å². The summed E-state index contributed by atoms with van der Waals surface area (Å²) in [6, 6.07) is 61.0. The summed E-state index contributed by atoms with van der Waals surface area (Å²) in [7, 11) is 0. The summed E-state index contributed by atoms with van der Waals surface area (Å²) in [5.41, 5.74) is 14.4. The van der Waals surface area contributed by atoms with Crippen LogP contribution in [-0.4, -0.2) is 19.1 Å². The summed E-state index contributed by atoms with van der Waals surface area (Å²) in [6.45, 7) is 0. The summed E-state index contributed by atoms with van der Waals surface area (Å²) in [6.07, 6.45) is 0. The Morgan fingerprint density at radius 3 is 1.81 bits per heavy atom. The van der Waals surface area contributed by atoms with Crippen LogP contribution in [0.15, 0.2) is 170 Å². The number of aromatic nitrogens is 4. The van der Waals surface area contributed by atoms with Crippen LogP contribution in [0.25, 0.3) is 110 Å². The number of para-hydroxylation sites is 4. The van der Waals surface area contributed by atoms with Gasteiger partial charge in [0.25, 0.3) is 0 Å². The Morgan fingerprint density at radius 2 is 1.00 bits per heavy atom. The fourth-order valence-corrected chi connectivity index (χ4v) is 8.95. The highest BCUT2D eigenvalue weighted by Crippen LogP contribution is 2.53. The molecule has 0 radical (unpaired) electrons. The molecule has 0 aliphatic heterocycles. The third-order valence-electron chi connectivity index (χ3n) is 11.0. The topological polar surface area (TPSA) is 35.6 Å². The number of fused-ring (bicyclic) bond motifs is 7. The van der Waals surface area contributed by atoms with Crippen molar-refractivity contribution in [2.75, 3.05) is 0 Å². The quantitative estimate of drug-likeness (QED) is 0.189. The first kappa shape index (κ1) is 27.7. The Kier molecular flexibility index (Phi) is 5.47. The predicted molar refractivity (Wildman–Crippen MR) is 216 cm³/mol. The monoisotopic (exact) mass is 660 g/mol. The smallest absolute Gasteiger partial charge is 0.165 e. The van der Waals surface area contributed by atoms with Crippen molar-refractivity contribution in [2.45, 2.75) is 0 Å². The first-order chi connectivity index (χ1) is 25.8. The molecule has 52 heavy (non-hydrogen) atoms. The van der Waals surface area contributed by atoms with Gasteiger partial charge in [0.2, 0.25) is 0 Å². The van der Waals surface area contributed by atoms with Crippen LogP contribution in [0.1, 0.15) is 0 Å². The molecule has 0 fully saturated rings. The largest absolute Gasteiger partial charge is 0.309 e. The highest BCUT2D eigenvalue weighted by atomic mass is 15.1. The van der Waals surface area contributed by atoms with Crippen LogP contribution in [0.3, 0.4) is 0 Å². The van der Waals surface area contributed by atoms with E-state index in [2.05, 4.69) is 167 Å². The summed E-state index contributed by atoms with van der Waals surface area (Å²) in [4.78, 5) is 10.8. The van der Waals surface area contributed by atoms with E-state index in [0.29, 0.717) is 0 Å². The SMILES string of the molecule is c1ccc(-c2nc3ccccc3nc2-n2c3ccccc3c3c4c5c6c(cccc6n(-c6ccccc6)c5cc32)-c2cccc3cccc-4c23)cc1. The van der Waals surface area contributed by atoms with Gasteiger partial charge in [0.15, 0.2) is 5.82 Å². The van der Waals surface area contributed by atoms with E-state index in [1.165, 1.54) is 65.6 Å². The van der Waals surface area contributed by atoms with Gasteiger partial charge in [-0.1, -0.05) is 127 Å². The molecule has 11 aromatic rings. The molecule has 0 atom stereocenters. The second kappa shape index (κ2) is 10.3. The zero-order chi connectivity index (χ0) is 33.9. The minimum absolute atomic E-state index is 0.818. The van der Waals surface area contributed by atoms with Gasteiger partial charge in [-0.3, -0.25) is 4.57 Å². The normalized spacial score (nSPS) is 12.2. The fraction of sp³-hybridized carbons (Fsp3) is 0. The lowest BCUT2D eigenvalue weighted by Gasteiger charge is -2.16. The van der Waals surface area contributed by atoms with Gasteiger partial charge < -0.3 is 4.57 Å². The second-order valence-corrected chi connectivity index (χ2v) is 13.7. The molecule has 1 aliphatic carbocycles. The van der Waals surface area contributed by atoms with Gasteiger partial charge in [-0.05, 0) is 69.9 Å². The molecule has 4 nitrogen and oxygen atoms in total. The molecule has 240 valence electrons. The molecular formula is C48H28N4. The zero-order valence-electron chi connectivity index (χ0n) is 28.0. The average Bonchev–Trinajstić information content (AvgIpc) is 3.68. The van der Waals surface area contributed by atoms with Crippen molar-refractivity contribution < 1.29 is 0 Å². The van der Waals surface area contributed by atoms with Crippen molar-refractivity contribution in [1.29, 1.82) is 0 Å².